The SMILES string of the molecule is CC(C)Cc1cc(Cl)nc(CSc2ccc(Br)cc2)n1. The van der Waals surface area contributed by atoms with E-state index in [0.717, 1.165) is 28.2 Å². The number of thioether (sulfide) groups is 1. The van der Waals surface area contributed by atoms with Crippen LogP contribution in [0.2, 0.25) is 5.15 Å². The van der Waals surface area contributed by atoms with Crippen LogP contribution < -0.4 is 0 Å². The molecule has 0 aliphatic carbocycles. The van der Waals surface area contributed by atoms with Crippen molar-refractivity contribution in [3.05, 3.63) is 51.5 Å². The standard InChI is InChI=1S/C15H16BrClN2S/c1-10(2)7-12-8-14(17)19-15(18-12)9-20-13-5-3-11(16)4-6-13/h3-6,8,10H,7,9H2,1-2H3. The molecule has 0 fully saturated rings. The van der Waals surface area contributed by atoms with E-state index in [4.69, 9.17) is 11.6 Å². The third-order valence-corrected chi connectivity index (χ3v) is 4.32. The van der Waals surface area contributed by atoms with E-state index < -0.39 is 0 Å². The van der Waals surface area contributed by atoms with Gasteiger partial charge in [0.05, 0.1) is 5.75 Å². The number of nitrogens with zero attached hydrogens (tertiary/aromatic N) is 2. The molecule has 1 heterocycles. The van der Waals surface area contributed by atoms with E-state index in [1.165, 1.54) is 4.90 Å². The van der Waals surface area contributed by atoms with Crippen LogP contribution in [0.5, 0.6) is 0 Å². The summed E-state index contributed by atoms with van der Waals surface area (Å²) in [7, 11) is 0. The molecule has 0 atom stereocenters. The quantitative estimate of drug-likeness (QED) is 0.521. The van der Waals surface area contributed by atoms with Crippen molar-refractivity contribution >= 4 is 39.3 Å². The predicted octanol–water partition coefficient (Wildman–Crippen LogP) is 5.38. The Morgan fingerprint density at radius 3 is 2.55 bits per heavy atom. The molecule has 0 unspecified atom stereocenters. The maximum atomic E-state index is 6.07. The van der Waals surface area contributed by atoms with E-state index in [2.05, 4.69) is 51.9 Å². The maximum Gasteiger partial charge on any atom is 0.140 e. The molecule has 0 spiro atoms. The van der Waals surface area contributed by atoms with Gasteiger partial charge in [0.25, 0.3) is 0 Å². The van der Waals surface area contributed by atoms with Crippen molar-refractivity contribution in [3.8, 4) is 0 Å². The number of rotatable bonds is 5. The lowest BCUT2D eigenvalue weighted by atomic mass is 10.1. The van der Waals surface area contributed by atoms with Gasteiger partial charge >= 0.3 is 0 Å². The second kappa shape index (κ2) is 7.43. The van der Waals surface area contributed by atoms with Crippen LogP contribution in [-0.2, 0) is 12.2 Å². The van der Waals surface area contributed by atoms with Gasteiger partial charge in [-0.1, -0.05) is 41.4 Å². The van der Waals surface area contributed by atoms with Crippen molar-refractivity contribution in [2.75, 3.05) is 0 Å². The van der Waals surface area contributed by atoms with Crippen molar-refractivity contribution in [1.29, 1.82) is 0 Å². The largest absolute Gasteiger partial charge is 0.237 e. The molecule has 0 aliphatic rings. The van der Waals surface area contributed by atoms with Crippen molar-refractivity contribution in [1.82, 2.24) is 9.97 Å². The minimum Gasteiger partial charge on any atom is -0.237 e. The summed E-state index contributed by atoms with van der Waals surface area (Å²) in [5.74, 6) is 2.09. The number of aromatic nitrogens is 2. The summed E-state index contributed by atoms with van der Waals surface area (Å²) in [6, 6.07) is 10.1. The lowest BCUT2D eigenvalue weighted by Gasteiger charge is -2.07. The first-order valence-electron chi connectivity index (χ1n) is 6.43. The van der Waals surface area contributed by atoms with Gasteiger partial charge in [0, 0.05) is 15.1 Å². The topological polar surface area (TPSA) is 25.8 Å². The number of halogens is 2. The first-order chi connectivity index (χ1) is 9.52. The fraction of sp³-hybridized carbons (Fsp3) is 0.333. The van der Waals surface area contributed by atoms with Crippen LogP contribution in [0.25, 0.3) is 0 Å². The van der Waals surface area contributed by atoms with Crippen LogP contribution in [0.1, 0.15) is 25.4 Å². The highest BCUT2D eigenvalue weighted by molar-refractivity contribution is 9.10. The Morgan fingerprint density at radius 2 is 1.90 bits per heavy atom. The van der Waals surface area contributed by atoms with Gasteiger partial charge in [0.1, 0.15) is 11.0 Å². The van der Waals surface area contributed by atoms with E-state index >= 15 is 0 Å². The fourth-order valence-corrected chi connectivity index (χ4v) is 3.02. The number of hydrogen-bond acceptors (Lipinski definition) is 3. The molecule has 0 radical (unpaired) electrons. The van der Waals surface area contributed by atoms with Gasteiger partial charge in [-0.05, 0) is 42.7 Å². The average molecular weight is 372 g/mol. The van der Waals surface area contributed by atoms with Crippen molar-refractivity contribution < 1.29 is 0 Å². The van der Waals surface area contributed by atoms with E-state index in [1.54, 1.807) is 11.8 Å². The predicted molar refractivity (Wildman–Crippen MR) is 89.3 cm³/mol. The highest BCUT2D eigenvalue weighted by atomic mass is 79.9. The van der Waals surface area contributed by atoms with Crippen LogP contribution in [-0.4, -0.2) is 9.97 Å². The van der Waals surface area contributed by atoms with Crippen LogP contribution in [0, 0.1) is 5.92 Å². The Bertz CT molecular complexity index is 573. The summed E-state index contributed by atoms with van der Waals surface area (Å²) in [5, 5.41) is 0.530. The Morgan fingerprint density at radius 1 is 1.20 bits per heavy atom. The van der Waals surface area contributed by atoms with Crippen molar-refractivity contribution in [3.63, 3.8) is 0 Å². The van der Waals surface area contributed by atoms with E-state index in [-0.39, 0.29) is 0 Å². The van der Waals surface area contributed by atoms with Crippen LogP contribution in [0.3, 0.4) is 0 Å². The van der Waals surface area contributed by atoms with Crippen LogP contribution in [0.4, 0.5) is 0 Å². The van der Waals surface area contributed by atoms with Gasteiger partial charge in [-0.2, -0.15) is 0 Å². The van der Waals surface area contributed by atoms with E-state index in [0.29, 0.717) is 11.1 Å². The highest BCUT2D eigenvalue weighted by Gasteiger charge is 2.06. The summed E-state index contributed by atoms with van der Waals surface area (Å²) in [4.78, 5) is 10.1. The average Bonchev–Trinajstić information content (AvgIpc) is 2.36. The monoisotopic (exact) mass is 370 g/mol. The summed E-state index contributed by atoms with van der Waals surface area (Å²) in [6.45, 7) is 4.35. The van der Waals surface area contributed by atoms with E-state index in [9.17, 15) is 0 Å². The third-order valence-electron chi connectivity index (χ3n) is 2.59. The minimum absolute atomic E-state index is 0.530. The molecule has 1 aromatic carbocycles. The van der Waals surface area contributed by atoms with Crippen molar-refractivity contribution in [2.24, 2.45) is 5.92 Å². The summed E-state index contributed by atoms with van der Waals surface area (Å²) in [5.41, 5.74) is 1.02. The van der Waals surface area contributed by atoms with Gasteiger partial charge in [-0.3, -0.25) is 0 Å². The van der Waals surface area contributed by atoms with Gasteiger partial charge in [-0.25, -0.2) is 9.97 Å². The molecular formula is C15H16BrClN2S. The molecule has 20 heavy (non-hydrogen) atoms. The van der Waals surface area contributed by atoms with Crippen molar-refractivity contribution in [2.45, 2.75) is 30.9 Å². The summed E-state index contributed by atoms with van der Waals surface area (Å²) >= 11 is 11.2. The zero-order valence-corrected chi connectivity index (χ0v) is 14.6. The zero-order valence-electron chi connectivity index (χ0n) is 11.4. The van der Waals surface area contributed by atoms with Gasteiger partial charge in [0.15, 0.2) is 0 Å². The minimum atomic E-state index is 0.530. The molecule has 106 valence electrons. The Balaban J connectivity index is 2.05. The molecule has 0 saturated carbocycles. The van der Waals surface area contributed by atoms with Gasteiger partial charge < -0.3 is 0 Å². The zero-order chi connectivity index (χ0) is 14.5. The highest BCUT2D eigenvalue weighted by Crippen LogP contribution is 2.24. The molecule has 0 N–H and O–H groups in total. The molecule has 2 aromatic rings. The first-order valence-corrected chi connectivity index (χ1v) is 8.59. The molecule has 0 aliphatic heterocycles. The maximum absolute atomic E-state index is 6.07. The second-order valence-electron chi connectivity index (χ2n) is 4.94. The molecular weight excluding hydrogens is 356 g/mol. The lowest BCUT2D eigenvalue weighted by molar-refractivity contribution is 0.632. The molecule has 0 amide bonds. The van der Waals surface area contributed by atoms with Crippen LogP contribution >= 0.6 is 39.3 Å². The van der Waals surface area contributed by atoms with Gasteiger partial charge in [0.2, 0.25) is 0 Å². The fourth-order valence-electron chi connectivity index (χ4n) is 1.78. The Kier molecular flexibility index (Phi) is 5.87. The number of hydrogen-bond donors (Lipinski definition) is 0. The molecule has 2 rings (SSSR count). The molecule has 1 aromatic heterocycles. The summed E-state index contributed by atoms with van der Waals surface area (Å²) < 4.78 is 1.08. The first kappa shape index (κ1) is 15.8. The second-order valence-corrected chi connectivity index (χ2v) is 7.29. The normalized spacial score (nSPS) is 11.1. The smallest absolute Gasteiger partial charge is 0.140 e. The molecule has 5 heteroatoms. The molecule has 0 bridgehead atoms. The third kappa shape index (κ3) is 5.08. The van der Waals surface area contributed by atoms with Gasteiger partial charge in [-0.15, -0.1) is 11.8 Å². The number of benzene rings is 1. The molecule has 2 nitrogen and oxygen atoms in total. The van der Waals surface area contributed by atoms with E-state index in [1.807, 2.05) is 18.2 Å². The van der Waals surface area contributed by atoms with Crippen LogP contribution in [0.15, 0.2) is 39.7 Å². The molecule has 0 saturated heterocycles. The summed E-state index contributed by atoms with van der Waals surface area (Å²) in [6.07, 6.45) is 0.929. The lowest BCUT2D eigenvalue weighted by Crippen LogP contribution is -2.02. The Hall–Kier alpha value is -0.580. The Labute approximate surface area is 137 Å².